The third kappa shape index (κ3) is 5.01. The van der Waals surface area contributed by atoms with Crippen LogP contribution < -0.4 is 10.6 Å². The molecule has 0 aliphatic carbocycles. The Hall–Kier alpha value is -3.14. The van der Waals surface area contributed by atoms with E-state index in [0.717, 1.165) is 37.7 Å². The zero-order valence-electron chi connectivity index (χ0n) is 18.7. The molecule has 2 N–H and O–H groups in total. The van der Waals surface area contributed by atoms with Gasteiger partial charge in [0, 0.05) is 23.4 Å². The lowest BCUT2D eigenvalue weighted by molar-refractivity contribution is 0.211. The van der Waals surface area contributed by atoms with Crippen molar-refractivity contribution in [1.29, 1.82) is 0 Å². The van der Waals surface area contributed by atoms with Gasteiger partial charge in [0.15, 0.2) is 5.82 Å². The van der Waals surface area contributed by atoms with Crippen LogP contribution >= 0.6 is 0 Å². The number of hydrogen-bond acceptors (Lipinski definition) is 7. The van der Waals surface area contributed by atoms with E-state index in [1.54, 1.807) is 13.8 Å². The van der Waals surface area contributed by atoms with E-state index in [-0.39, 0.29) is 0 Å². The Bertz CT molecular complexity index is 1090. The Kier molecular flexibility index (Phi) is 6.31. The third-order valence-electron chi connectivity index (χ3n) is 5.72. The molecule has 4 rings (SSSR count). The van der Waals surface area contributed by atoms with Gasteiger partial charge in [-0.15, -0.1) is 0 Å². The summed E-state index contributed by atoms with van der Waals surface area (Å²) in [7, 11) is 2.14. The molecule has 1 fully saturated rings. The van der Waals surface area contributed by atoms with Crippen molar-refractivity contribution >= 4 is 17.7 Å². The minimum atomic E-state index is -0.621. The molecule has 10 heteroatoms. The summed E-state index contributed by atoms with van der Waals surface area (Å²) >= 11 is 0. The van der Waals surface area contributed by atoms with Crippen molar-refractivity contribution in [1.82, 2.24) is 29.6 Å². The highest BCUT2D eigenvalue weighted by atomic mass is 19.1. The van der Waals surface area contributed by atoms with Gasteiger partial charge in [0.1, 0.15) is 17.5 Å². The fraction of sp³-hybridized carbons (Fsp3) is 0.455. The van der Waals surface area contributed by atoms with Crippen molar-refractivity contribution < 1.29 is 8.78 Å². The average molecular weight is 443 g/mol. The Morgan fingerprint density at radius 3 is 2.47 bits per heavy atom. The topological polar surface area (TPSA) is 83.8 Å². The van der Waals surface area contributed by atoms with Crippen molar-refractivity contribution in [3.8, 4) is 0 Å². The number of halogens is 2. The molecule has 8 nitrogen and oxygen atoms in total. The molecule has 1 aromatic carbocycles. The molecule has 0 saturated carbocycles. The highest BCUT2D eigenvalue weighted by Gasteiger charge is 2.21. The first-order chi connectivity index (χ1) is 15.3. The molecule has 3 aromatic rings. The number of aryl methyl sites for hydroxylation is 2. The van der Waals surface area contributed by atoms with Gasteiger partial charge in [-0.25, -0.2) is 8.78 Å². The first-order valence-corrected chi connectivity index (χ1v) is 10.7. The standard InChI is InChI=1S/C22H28F2N8/c1-13-11-20(30-32(13)17-7-9-31(4)10-8-17)28-22-27-15(3)26-21(29-22)25-14(2)18-6-5-16(23)12-19(18)24/h5-6,11-12,14,17H,7-10H2,1-4H3,(H2,25,26,27,28,29,30). The summed E-state index contributed by atoms with van der Waals surface area (Å²) in [5.41, 5.74) is 1.40. The number of aromatic nitrogens is 5. The summed E-state index contributed by atoms with van der Waals surface area (Å²) in [6.45, 7) is 7.67. The lowest BCUT2D eigenvalue weighted by Gasteiger charge is -2.29. The lowest BCUT2D eigenvalue weighted by atomic mass is 10.1. The fourth-order valence-corrected chi connectivity index (χ4v) is 4.00. The maximum absolute atomic E-state index is 14.1. The van der Waals surface area contributed by atoms with E-state index < -0.39 is 17.7 Å². The normalized spacial score (nSPS) is 16.2. The maximum Gasteiger partial charge on any atom is 0.233 e. The molecule has 0 radical (unpaired) electrons. The van der Waals surface area contributed by atoms with Crippen LogP contribution in [0.25, 0.3) is 0 Å². The molecule has 1 saturated heterocycles. The SMILES string of the molecule is Cc1nc(Nc2cc(C)n(C3CCN(C)CC3)n2)nc(NC(C)c2ccc(F)cc2F)n1. The van der Waals surface area contributed by atoms with E-state index >= 15 is 0 Å². The van der Waals surface area contributed by atoms with Crippen LogP contribution in [0.3, 0.4) is 0 Å². The molecular weight excluding hydrogens is 414 g/mol. The number of benzene rings is 1. The van der Waals surface area contributed by atoms with Crippen LogP contribution in [0.2, 0.25) is 0 Å². The van der Waals surface area contributed by atoms with Crippen LogP contribution in [0.15, 0.2) is 24.3 Å². The van der Waals surface area contributed by atoms with Crippen LogP contribution in [0, 0.1) is 25.5 Å². The van der Waals surface area contributed by atoms with E-state index in [0.29, 0.717) is 35.1 Å². The third-order valence-corrected chi connectivity index (χ3v) is 5.72. The summed E-state index contributed by atoms with van der Waals surface area (Å²) in [4.78, 5) is 15.4. The van der Waals surface area contributed by atoms with E-state index in [2.05, 4.69) is 42.2 Å². The van der Waals surface area contributed by atoms with Crippen molar-refractivity contribution in [3.63, 3.8) is 0 Å². The second-order valence-electron chi connectivity index (χ2n) is 8.34. The predicted molar refractivity (Wildman–Crippen MR) is 119 cm³/mol. The number of hydrogen-bond donors (Lipinski definition) is 2. The van der Waals surface area contributed by atoms with Gasteiger partial charge < -0.3 is 15.5 Å². The molecule has 1 atom stereocenters. The summed E-state index contributed by atoms with van der Waals surface area (Å²) in [5.74, 6) is 0.571. The first-order valence-electron chi connectivity index (χ1n) is 10.7. The molecule has 0 spiro atoms. The van der Waals surface area contributed by atoms with Gasteiger partial charge in [0.25, 0.3) is 0 Å². The minimum absolute atomic E-state index is 0.294. The largest absolute Gasteiger partial charge is 0.347 e. The van der Waals surface area contributed by atoms with Gasteiger partial charge >= 0.3 is 0 Å². The van der Waals surface area contributed by atoms with Gasteiger partial charge in [0.2, 0.25) is 11.9 Å². The molecule has 3 heterocycles. The van der Waals surface area contributed by atoms with Crippen LogP contribution in [-0.4, -0.2) is 49.8 Å². The highest BCUT2D eigenvalue weighted by Crippen LogP contribution is 2.26. The second-order valence-corrected chi connectivity index (χ2v) is 8.34. The summed E-state index contributed by atoms with van der Waals surface area (Å²) in [5, 5.41) is 10.9. The minimum Gasteiger partial charge on any atom is -0.347 e. The van der Waals surface area contributed by atoms with E-state index in [1.807, 2.05) is 13.0 Å². The van der Waals surface area contributed by atoms with Gasteiger partial charge in [0.05, 0.1) is 12.1 Å². The molecule has 0 amide bonds. The molecule has 1 aliphatic rings. The zero-order valence-corrected chi connectivity index (χ0v) is 18.7. The average Bonchev–Trinajstić information content (AvgIpc) is 3.07. The number of anilines is 3. The van der Waals surface area contributed by atoms with Crippen molar-refractivity contribution in [2.75, 3.05) is 30.8 Å². The quantitative estimate of drug-likeness (QED) is 0.593. The Morgan fingerprint density at radius 2 is 1.75 bits per heavy atom. The zero-order chi connectivity index (χ0) is 22.8. The molecule has 0 bridgehead atoms. The monoisotopic (exact) mass is 442 g/mol. The van der Waals surface area contributed by atoms with E-state index in [4.69, 9.17) is 5.10 Å². The number of likely N-dealkylation sites (tertiary alicyclic amines) is 1. The van der Waals surface area contributed by atoms with Crippen molar-refractivity contribution in [2.24, 2.45) is 0 Å². The molecular formula is C22H28F2N8. The van der Waals surface area contributed by atoms with Crippen LogP contribution in [0.1, 0.15) is 48.9 Å². The molecule has 1 unspecified atom stereocenters. The van der Waals surface area contributed by atoms with Gasteiger partial charge in [-0.05, 0) is 59.8 Å². The molecule has 2 aromatic heterocycles. The van der Waals surface area contributed by atoms with Crippen LogP contribution in [-0.2, 0) is 0 Å². The Balaban J connectivity index is 1.49. The molecule has 32 heavy (non-hydrogen) atoms. The predicted octanol–water partition coefficient (Wildman–Crippen LogP) is 4.15. The summed E-state index contributed by atoms with van der Waals surface area (Å²) < 4.78 is 29.4. The maximum atomic E-state index is 14.1. The van der Waals surface area contributed by atoms with Gasteiger partial charge in [-0.3, -0.25) is 4.68 Å². The number of nitrogens with one attached hydrogen (secondary N) is 2. The van der Waals surface area contributed by atoms with Crippen molar-refractivity contribution in [3.05, 3.63) is 53.0 Å². The number of rotatable bonds is 6. The Morgan fingerprint density at radius 1 is 1.03 bits per heavy atom. The van der Waals surface area contributed by atoms with Crippen LogP contribution in [0.4, 0.5) is 26.5 Å². The highest BCUT2D eigenvalue weighted by molar-refractivity contribution is 5.50. The number of piperidine rings is 1. The lowest BCUT2D eigenvalue weighted by Crippen LogP contribution is -2.32. The summed E-state index contributed by atoms with van der Waals surface area (Å²) in [6.07, 6.45) is 2.13. The van der Waals surface area contributed by atoms with Gasteiger partial charge in [-0.1, -0.05) is 6.07 Å². The molecule has 1 aliphatic heterocycles. The van der Waals surface area contributed by atoms with E-state index in [1.165, 1.54) is 12.1 Å². The van der Waals surface area contributed by atoms with E-state index in [9.17, 15) is 8.78 Å². The fourth-order valence-electron chi connectivity index (χ4n) is 4.00. The second kappa shape index (κ2) is 9.15. The smallest absolute Gasteiger partial charge is 0.233 e. The van der Waals surface area contributed by atoms with Gasteiger partial charge in [-0.2, -0.15) is 20.1 Å². The number of nitrogens with zero attached hydrogens (tertiary/aromatic N) is 6. The Labute approximate surface area is 186 Å². The molecule has 170 valence electrons. The summed E-state index contributed by atoms with van der Waals surface area (Å²) in [6, 6.07) is 5.39. The van der Waals surface area contributed by atoms with Crippen molar-refractivity contribution in [2.45, 2.75) is 45.7 Å². The first kappa shape index (κ1) is 22.1. The van der Waals surface area contributed by atoms with Crippen LogP contribution in [0.5, 0.6) is 0 Å².